The summed E-state index contributed by atoms with van der Waals surface area (Å²) in [6.45, 7) is 2.86. The molecule has 2 rings (SSSR count). The van der Waals surface area contributed by atoms with Gasteiger partial charge in [0.2, 0.25) is 0 Å². The third-order valence-corrected chi connectivity index (χ3v) is 3.30. The number of aryl methyl sites for hydroxylation is 1. The third-order valence-electron chi connectivity index (χ3n) is 2.09. The lowest BCUT2D eigenvalue weighted by Crippen LogP contribution is -2.04. The number of hydrogen-bond donors (Lipinski definition) is 1. The SMILES string of the molecule is CNCc1nc(C)c(-c2cccnc2)s1. The molecular weight excluding hydrogens is 206 g/mol. The normalized spacial score (nSPS) is 10.5. The molecule has 0 radical (unpaired) electrons. The van der Waals surface area contributed by atoms with Gasteiger partial charge in [0.1, 0.15) is 5.01 Å². The molecule has 0 bridgehead atoms. The highest BCUT2D eigenvalue weighted by Crippen LogP contribution is 2.28. The molecule has 0 aromatic carbocycles. The Bertz CT molecular complexity index is 436. The van der Waals surface area contributed by atoms with Gasteiger partial charge in [-0.15, -0.1) is 11.3 Å². The average Bonchev–Trinajstić information content (AvgIpc) is 2.61. The van der Waals surface area contributed by atoms with E-state index in [1.165, 1.54) is 4.88 Å². The van der Waals surface area contributed by atoms with Gasteiger partial charge in [-0.25, -0.2) is 4.98 Å². The van der Waals surface area contributed by atoms with Crippen LogP contribution in [0, 0.1) is 6.92 Å². The first-order valence-corrected chi connectivity index (χ1v) is 5.64. The van der Waals surface area contributed by atoms with Gasteiger partial charge in [-0.3, -0.25) is 4.98 Å². The number of thiazole rings is 1. The zero-order valence-corrected chi connectivity index (χ0v) is 9.64. The van der Waals surface area contributed by atoms with Crippen LogP contribution in [0.25, 0.3) is 10.4 Å². The lowest BCUT2D eigenvalue weighted by atomic mass is 10.2. The van der Waals surface area contributed by atoms with Crippen LogP contribution in [0.3, 0.4) is 0 Å². The maximum atomic E-state index is 4.50. The summed E-state index contributed by atoms with van der Waals surface area (Å²) in [7, 11) is 1.93. The Morgan fingerprint density at radius 2 is 2.33 bits per heavy atom. The van der Waals surface area contributed by atoms with Crippen molar-refractivity contribution < 1.29 is 0 Å². The Hall–Kier alpha value is -1.26. The van der Waals surface area contributed by atoms with Crippen molar-refractivity contribution in [2.24, 2.45) is 0 Å². The van der Waals surface area contributed by atoms with Crippen molar-refractivity contribution in [3.63, 3.8) is 0 Å². The number of pyridine rings is 1. The van der Waals surface area contributed by atoms with Crippen LogP contribution in [0.5, 0.6) is 0 Å². The maximum absolute atomic E-state index is 4.50. The fourth-order valence-electron chi connectivity index (χ4n) is 1.44. The van der Waals surface area contributed by atoms with Gasteiger partial charge in [-0.05, 0) is 20.0 Å². The molecule has 2 heterocycles. The highest BCUT2D eigenvalue weighted by atomic mass is 32.1. The second kappa shape index (κ2) is 4.51. The van der Waals surface area contributed by atoms with E-state index < -0.39 is 0 Å². The van der Waals surface area contributed by atoms with Crippen LogP contribution in [0.4, 0.5) is 0 Å². The fourth-order valence-corrected chi connectivity index (χ4v) is 2.51. The molecule has 15 heavy (non-hydrogen) atoms. The van der Waals surface area contributed by atoms with Crippen LogP contribution in [0.15, 0.2) is 24.5 Å². The molecule has 0 fully saturated rings. The first-order chi connectivity index (χ1) is 7.31. The van der Waals surface area contributed by atoms with E-state index in [2.05, 4.69) is 21.4 Å². The third kappa shape index (κ3) is 2.22. The maximum Gasteiger partial charge on any atom is 0.107 e. The lowest BCUT2D eigenvalue weighted by molar-refractivity contribution is 0.807. The van der Waals surface area contributed by atoms with Gasteiger partial charge in [0, 0.05) is 24.5 Å². The molecule has 0 aliphatic carbocycles. The van der Waals surface area contributed by atoms with Crippen molar-refractivity contribution >= 4 is 11.3 Å². The van der Waals surface area contributed by atoms with E-state index >= 15 is 0 Å². The number of aromatic nitrogens is 2. The second-order valence-electron chi connectivity index (χ2n) is 3.29. The summed E-state index contributed by atoms with van der Waals surface area (Å²) in [6.07, 6.45) is 3.66. The minimum absolute atomic E-state index is 0.825. The van der Waals surface area contributed by atoms with E-state index in [9.17, 15) is 0 Å². The van der Waals surface area contributed by atoms with E-state index in [1.54, 1.807) is 17.5 Å². The highest BCUT2D eigenvalue weighted by Gasteiger charge is 2.08. The molecule has 0 unspecified atom stereocenters. The van der Waals surface area contributed by atoms with Crippen molar-refractivity contribution in [1.29, 1.82) is 0 Å². The summed E-state index contributed by atoms with van der Waals surface area (Å²) < 4.78 is 0. The zero-order chi connectivity index (χ0) is 10.7. The van der Waals surface area contributed by atoms with Gasteiger partial charge < -0.3 is 5.32 Å². The molecule has 3 nitrogen and oxygen atoms in total. The van der Waals surface area contributed by atoms with Crippen LogP contribution in [0.2, 0.25) is 0 Å². The van der Waals surface area contributed by atoms with Gasteiger partial charge in [-0.2, -0.15) is 0 Å². The summed E-state index contributed by atoms with van der Waals surface area (Å²) >= 11 is 1.72. The molecule has 0 atom stereocenters. The highest BCUT2D eigenvalue weighted by molar-refractivity contribution is 7.15. The quantitative estimate of drug-likeness (QED) is 0.860. The molecule has 0 aliphatic rings. The van der Waals surface area contributed by atoms with Crippen LogP contribution in [-0.2, 0) is 6.54 Å². The number of nitrogens with zero attached hydrogens (tertiary/aromatic N) is 2. The zero-order valence-electron chi connectivity index (χ0n) is 8.82. The molecule has 0 amide bonds. The smallest absolute Gasteiger partial charge is 0.107 e. The van der Waals surface area contributed by atoms with Gasteiger partial charge in [0.05, 0.1) is 10.6 Å². The molecule has 0 saturated heterocycles. The van der Waals surface area contributed by atoms with Crippen molar-refractivity contribution in [3.05, 3.63) is 35.2 Å². The van der Waals surface area contributed by atoms with Crippen molar-refractivity contribution in [2.75, 3.05) is 7.05 Å². The van der Waals surface area contributed by atoms with E-state index in [0.717, 1.165) is 22.8 Å². The minimum atomic E-state index is 0.825. The van der Waals surface area contributed by atoms with Crippen LogP contribution in [0.1, 0.15) is 10.7 Å². The molecule has 2 aromatic rings. The van der Waals surface area contributed by atoms with Gasteiger partial charge >= 0.3 is 0 Å². The summed E-state index contributed by atoms with van der Waals surface area (Å²) in [6, 6.07) is 4.02. The van der Waals surface area contributed by atoms with E-state index in [4.69, 9.17) is 0 Å². The monoisotopic (exact) mass is 219 g/mol. The molecule has 4 heteroatoms. The van der Waals surface area contributed by atoms with E-state index in [0.29, 0.717) is 0 Å². The topological polar surface area (TPSA) is 37.8 Å². The molecule has 2 aromatic heterocycles. The summed E-state index contributed by atoms with van der Waals surface area (Å²) in [5, 5.41) is 4.23. The van der Waals surface area contributed by atoms with E-state index in [-0.39, 0.29) is 0 Å². The molecule has 78 valence electrons. The van der Waals surface area contributed by atoms with Gasteiger partial charge in [-0.1, -0.05) is 6.07 Å². The van der Waals surface area contributed by atoms with Gasteiger partial charge in [0.15, 0.2) is 0 Å². The van der Waals surface area contributed by atoms with Crippen LogP contribution >= 0.6 is 11.3 Å². The van der Waals surface area contributed by atoms with Crippen LogP contribution < -0.4 is 5.32 Å². The Kier molecular flexibility index (Phi) is 3.08. The summed E-state index contributed by atoms with van der Waals surface area (Å²) in [5.41, 5.74) is 2.23. The Morgan fingerprint density at radius 1 is 1.47 bits per heavy atom. The number of hydrogen-bond acceptors (Lipinski definition) is 4. The number of nitrogens with one attached hydrogen (secondary N) is 1. The molecular formula is C11H13N3S. The van der Waals surface area contributed by atoms with Crippen molar-refractivity contribution in [2.45, 2.75) is 13.5 Å². The van der Waals surface area contributed by atoms with E-state index in [1.807, 2.05) is 26.2 Å². The first kappa shape index (κ1) is 10.3. The predicted octanol–water partition coefficient (Wildman–Crippen LogP) is 2.23. The first-order valence-electron chi connectivity index (χ1n) is 4.82. The Balaban J connectivity index is 2.36. The summed E-state index contributed by atoms with van der Waals surface area (Å²) in [4.78, 5) is 9.84. The standard InChI is InChI=1S/C11H13N3S/c1-8-11(9-4-3-5-13-6-9)15-10(14-8)7-12-2/h3-6,12H,7H2,1-2H3. The number of rotatable bonds is 3. The van der Waals surface area contributed by atoms with Gasteiger partial charge in [0.25, 0.3) is 0 Å². The van der Waals surface area contributed by atoms with Crippen molar-refractivity contribution in [1.82, 2.24) is 15.3 Å². The minimum Gasteiger partial charge on any atom is -0.314 e. The average molecular weight is 219 g/mol. The Labute approximate surface area is 93.2 Å². The van der Waals surface area contributed by atoms with Crippen molar-refractivity contribution in [3.8, 4) is 10.4 Å². The largest absolute Gasteiger partial charge is 0.314 e. The summed E-state index contributed by atoms with van der Waals surface area (Å²) in [5.74, 6) is 0. The Morgan fingerprint density at radius 3 is 3.00 bits per heavy atom. The molecule has 1 N–H and O–H groups in total. The predicted molar refractivity (Wildman–Crippen MR) is 62.8 cm³/mol. The molecule has 0 spiro atoms. The molecule has 0 aliphatic heterocycles. The lowest BCUT2D eigenvalue weighted by Gasteiger charge is -1.95. The van der Waals surface area contributed by atoms with Crippen LogP contribution in [-0.4, -0.2) is 17.0 Å². The second-order valence-corrected chi connectivity index (χ2v) is 4.38. The molecule has 0 saturated carbocycles. The fraction of sp³-hybridized carbons (Fsp3) is 0.273.